The number of rotatable bonds is 3. The van der Waals surface area contributed by atoms with Crippen LogP contribution in [0.2, 0.25) is 0 Å². The van der Waals surface area contributed by atoms with Crippen LogP contribution in [-0.2, 0) is 0 Å². The summed E-state index contributed by atoms with van der Waals surface area (Å²) in [6.45, 7) is 6.56. The van der Waals surface area contributed by atoms with Crippen LogP contribution in [0.25, 0.3) is 0 Å². The molecule has 4 rings (SSSR count). The Hall–Kier alpha value is -1.82. The van der Waals surface area contributed by atoms with Crippen molar-refractivity contribution in [3.8, 4) is 5.75 Å². The van der Waals surface area contributed by atoms with Gasteiger partial charge in [0.05, 0.1) is 7.11 Å². The van der Waals surface area contributed by atoms with Gasteiger partial charge in [-0.1, -0.05) is 12.1 Å². The van der Waals surface area contributed by atoms with E-state index in [2.05, 4.69) is 29.1 Å². The Balaban J connectivity index is 0.00000150. The van der Waals surface area contributed by atoms with E-state index in [1.165, 1.54) is 5.56 Å². The fourth-order valence-corrected chi connectivity index (χ4v) is 4.87. The van der Waals surface area contributed by atoms with Crippen LogP contribution in [0, 0.1) is 25.7 Å². The van der Waals surface area contributed by atoms with Crippen molar-refractivity contribution in [2.45, 2.75) is 19.9 Å². The fraction of sp³-hybridized carbons (Fsp3) is 0.455. The zero-order valence-electron chi connectivity index (χ0n) is 17.3. The number of benzene rings is 1. The molecule has 158 valence electrons. The third-order valence-electron chi connectivity index (χ3n) is 5.97. The molecule has 0 N–H and O–H groups in total. The second-order valence-electron chi connectivity index (χ2n) is 7.93. The van der Waals surface area contributed by atoms with E-state index < -0.39 is 0 Å². The van der Waals surface area contributed by atoms with Gasteiger partial charge >= 0.3 is 0 Å². The number of hydrogen-bond donors (Lipinski definition) is 0. The number of halogens is 2. The summed E-state index contributed by atoms with van der Waals surface area (Å²) in [5.74, 6) is 2.00. The summed E-state index contributed by atoms with van der Waals surface area (Å²) in [5, 5.41) is 0. The van der Waals surface area contributed by atoms with Crippen LogP contribution in [-0.4, -0.2) is 54.5 Å². The molecule has 0 radical (unpaired) electrons. The topological polar surface area (TPSA) is 45.7 Å². The number of aromatic nitrogens is 1. The van der Waals surface area contributed by atoms with Crippen LogP contribution in [0.3, 0.4) is 0 Å². The summed E-state index contributed by atoms with van der Waals surface area (Å²) in [7, 11) is 3.88. The lowest BCUT2D eigenvalue weighted by molar-refractivity contribution is 0.0767. The highest BCUT2D eigenvalue weighted by molar-refractivity contribution is 5.94. The molecule has 2 saturated heterocycles. The maximum atomic E-state index is 13.1. The molecule has 29 heavy (non-hydrogen) atoms. The van der Waals surface area contributed by atoms with Crippen molar-refractivity contribution < 1.29 is 9.53 Å². The molecule has 2 aliphatic rings. The van der Waals surface area contributed by atoms with E-state index >= 15 is 0 Å². The second-order valence-corrected chi connectivity index (χ2v) is 7.93. The lowest BCUT2D eigenvalue weighted by atomic mass is 9.89. The van der Waals surface area contributed by atoms with Gasteiger partial charge in [0.25, 0.3) is 5.91 Å². The van der Waals surface area contributed by atoms with E-state index in [1.807, 2.05) is 43.0 Å². The minimum absolute atomic E-state index is 0. The maximum Gasteiger partial charge on any atom is 0.254 e. The first kappa shape index (κ1) is 23.5. The number of carbonyl (C=O) groups excluding carboxylic acids is 1. The van der Waals surface area contributed by atoms with Crippen molar-refractivity contribution in [3.05, 3.63) is 58.9 Å². The van der Waals surface area contributed by atoms with Crippen LogP contribution in [0.4, 0.5) is 0 Å². The SMILES string of the molecule is COc1ccc([C@@H]2[C@@H]3CN(C(=O)c4cc(C)nc(C)c4)C[C@@H]3CN2C)cc1.Cl.Cl. The van der Waals surface area contributed by atoms with Crippen molar-refractivity contribution in [2.75, 3.05) is 33.8 Å². The van der Waals surface area contributed by atoms with Crippen molar-refractivity contribution in [1.82, 2.24) is 14.8 Å². The third kappa shape index (κ3) is 4.52. The predicted octanol–water partition coefficient (Wildman–Crippen LogP) is 3.93. The van der Waals surface area contributed by atoms with Gasteiger partial charge in [0.15, 0.2) is 0 Å². The number of pyridine rings is 1. The standard InChI is InChI=1S/C22H27N3O2.2ClH/c1-14-9-17(10-15(2)23-14)22(26)25-12-18-11-24(3)21(20(18)13-25)16-5-7-19(27-4)8-6-16;;/h5-10,18,20-21H,11-13H2,1-4H3;2*1H/t18-,20+,21+;;/m0../s1. The highest BCUT2D eigenvalue weighted by Crippen LogP contribution is 2.44. The van der Waals surface area contributed by atoms with E-state index in [4.69, 9.17) is 4.74 Å². The van der Waals surface area contributed by atoms with Crippen molar-refractivity contribution in [1.29, 1.82) is 0 Å². The van der Waals surface area contributed by atoms with Crippen LogP contribution in [0.1, 0.15) is 33.4 Å². The molecule has 0 bridgehead atoms. The Bertz CT molecular complexity index is 839. The molecule has 1 aromatic heterocycles. The van der Waals surface area contributed by atoms with Crippen LogP contribution in [0.5, 0.6) is 5.75 Å². The van der Waals surface area contributed by atoms with Gasteiger partial charge in [-0.15, -0.1) is 24.8 Å². The zero-order chi connectivity index (χ0) is 19.1. The van der Waals surface area contributed by atoms with E-state index in [-0.39, 0.29) is 30.7 Å². The largest absolute Gasteiger partial charge is 0.497 e. The van der Waals surface area contributed by atoms with Gasteiger partial charge < -0.3 is 9.64 Å². The molecule has 5 nitrogen and oxygen atoms in total. The molecule has 2 aliphatic heterocycles. The van der Waals surface area contributed by atoms with Gasteiger partial charge in [0, 0.05) is 48.5 Å². The highest BCUT2D eigenvalue weighted by atomic mass is 35.5. The van der Waals surface area contributed by atoms with E-state index in [0.29, 0.717) is 17.9 Å². The van der Waals surface area contributed by atoms with E-state index in [1.54, 1.807) is 7.11 Å². The molecule has 7 heteroatoms. The van der Waals surface area contributed by atoms with Crippen LogP contribution < -0.4 is 4.74 Å². The fourth-order valence-electron chi connectivity index (χ4n) is 4.87. The Kier molecular flexibility index (Phi) is 7.55. The average Bonchev–Trinajstić information content (AvgIpc) is 3.17. The molecule has 3 heterocycles. The molecule has 0 unspecified atom stereocenters. The number of fused-ring (bicyclic) bond motifs is 1. The highest BCUT2D eigenvalue weighted by Gasteiger charge is 2.47. The Morgan fingerprint density at radius 3 is 2.24 bits per heavy atom. The van der Waals surface area contributed by atoms with Gasteiger partial charge in [0.1, 0.15) is 5.75 Å². The lowest BCUT2D eigenvalue weighted by Crippen LogP contribution is -2.33. The summed E-state index contributed by atoms with van der Waals surface area (Å²) in [6, 6.07) is 12.5. The first-order chi connectivity index (χ1) is 13.0. The van der Waals surface area contributed by atoms with Gasteiger partial charge in [-0.25, -0.2) is 0 Å². The summed E-state index contributed by atoms with van der Waals surface area (Å²) >= 11 is 0. The number of aryl methyl sites for hydroxylation is 2. The van der Waals surface area contributed by atoms with Gasteiger partial charge in [-0.3, -0.25) is 14.7 Å². The lowest BCUT2D eigenvalue weighted by Gasteiger charge is -2.27. The van der Waals surface area contributed by atoms with Crippen molar-refractivity contribution in [3.63, 3.8) is 0 Å². The minimum Gasteiger partial charge on any atom is -0.497 e. The molecule has 2 aromatic rings. The maximum absolute atomic E-state index is 13.1. The molecule has 1 amide bonds. The number of nitrogens with zero attached hydrogens (tertiary/aromatic N) is 3. The van der Waals surface area contributed by atoms with Gasteiger partial charge in [-0.05, 0) is 56.6 Å². The molecule has 0 spiro atoms. The Morgan fingerprint density at radius 1 is 1.03 bits per heavy atom. The molecular formula is C22H29Cl2N3O2. The Labute approximate surface area is 185 Å². The smallest absolute Gasteiger partial charge is 0.254 e. The number of amides is 1. The molecule has 0 saturated carbocycles. The molecule has 3 atom stereocenters. The molecular weight excluding hydrogens is 409 g/mol. The normalized spacial score (nSPS) is 23.2. The number of hydrogen-bond acceptors (Lipinski definition) is 4. The van der Waals surface area contributed by atoms with Crippen molar-refractivity contribution in [2.24, 2.45) is 11.8 Å². The third-order valence-corrected chi connectivity index (χ3v) is 5.97. The zero-order valence-corrected chi connectivity index (χ0v) is 18.9. The second kappa shape index (κ2) is 9.33. The summed E-state index contributed by atoms with van der Waals surface area (Å²) < 4.78 is 5.29. The molecule has 1 aromatic carbocycles. The summed E-state index contributed by atoms with van der Waals surface area (Å²) in [5.41, 5.74) is 3.85. The first-order valence-electron chi connectivity index (χ1n) is 9.55. The van der Waals surface area contributed by atoms with Crippen LogP contribution >= 0.6 is 24.8 Å². The molecule has 0 aliphatic carbocycles. The average molecular weight is 438 g/mol. The van der Waals surface area contributed by atoms with E-state index in [0.717, 1.165) is 42.3 Å². The van der Waals surface area contributed by atoms with Crippen molar-refractivity contribution >= 4 is 30.7 Å². The Morgan fingerprint density at radius 2 is 1.66 bits per heavy atom. The first-order valence-corrected chi connectivity index (χ1v) is 9.55. The molecule has 2 fully saturated rings. The van der Waals surface area contributed by atoms with E-state index in [9.17, 15) is 4.79 Å². The number of carbonyl (C=O) groups is 1. The van der Waals surface area contributed by atoms with Gasteiger partial charge in [-0.2, -0.15) is 0 Å². The van der Waals surface area contributed by atoms with Gasteiger partial charge in [0.2, 0.25) is 0 Å². The summed E-state index contributed by atoms with van der Waals surface area (Å²) in [4.78, 5) is 21.9. The number of likely N-dealkylation sites (tertiary alicyclic amines) is 2. The minimum atomic E-state index is 0. The summed E-state index contributed by atoms with van der Waals surface area (Å²) in [6.07, 6.45) is 0. The number of ether oxygens (including phenoxy) is 1. The number of methoxy groups -OCH3 is 1. The predicted molar refractivity (Wildman–Crippen MR) is 119 cm³/mol. The van der Waals surface area contributed by atoms with Crippen LogP contribution in [0.15, 0.2) is 36.4 Å². The monoisotopic (exact) mass is 437 g/mol. The quantitative estimate of drug-likeness (QED) is 0.729.